The van der Waals surface area contributed by atoms with Crippen LogP contribution in [-0.2, 0) is 0 Å². The molecule has 1 fully saturated rings. The molecule has 1 aliphatic carbocycles. The molecule has 1 aromatic rings. The van der Waals surface area contributed by atoms with Crippen LogP contribution >= 0.6 is 0 Å². The maximum atomic E-state index is 6.16. The van der Waals surface area contributed by atoms with Gasteiger partial charge < -0.3 is 11.1 Å². The summed E-state index contributed by atoms with van der Waals surface area (Å²) in [5.41, 5.74) is 10.1. The Hall–Kier alpha value is -1.02. The van der Waals surface area contributed by atoms with Gasteiger partial charge in [0.1, 0.15) is 0 Å². The second kappa shape index (κ2) is 4.88. The lowest BCUT2D eigenvalue weighted by Crippen LogP contribution is -2.42. The summed E-state index contributed by atoms with van der Waals surface area (Å²) in [6.45, 7) is 4.31. The number of hydrogen-bond acceptors (Lipinski definition) is 2. The first-order chi connectivity index (χ1) is 7.68. The molecule has 88 valence electrons. The molecule has 2 atom stereocenters. The molecule has 0 aromatic heterocycles. The predicted molar refractivity (Wildman–Crippen MR) is 69.8 cm³/mol. The van der Waals surface area contributed by atoms with Crippen LogP contribution in [0.2, 0.25) is 0 Å². The highest BCUT2D eigenvalue weighted by molar-refractivity contribution is 5.57. The van der Waals surface area contributed by atoms with Crippen LogP contribution in [0.15, 0.2) is 18.2 Å². The third-order valence-corrected chi connectivity index (χ3v) is 3.63. The fraction of sp³-hybridized carbons (Fsp3) is 0.571. The molecule has 2 unspecified atom stereocenters. The standard InChI is InChI=1S/C14H22N2/c1-10-6-5-7-11(2)14(10)16-13-9-4-3-8-12(13)15/h5-7,12-13,16H,3-4,8-9,15H2,1-2H3. The van der Waals surface area contributed by atoms with Crippen LogP contribution in [0.1, 0.15) is 36.8 Å². The second-order valence-electron chi connectivity index (χ2n) is 4.97. The van der Waals surface area contributed by atoms with Gasteiger partial charge in [-0.1, -0.05) is 31.0 Å². The van der Waals surface area contributed by atoms with Crippen molar-refractivity contribution in [1.29, 1.82) is 0 Å². The SMILES string of the molecule is Cc1cccc(C)c1NC1CCCCC1N. The molecule has 3 N–H and O–H groups in total. The largest absolute Gasteiger partial charge is 0.380 e. The van der Waals surface area contributed by atoms with Gasteiger partial charge in [-0.15, -0.1) is 0 Å². The zero-order valence-electron chi connectivity index (χ0n) is 10.3. The molecule has 0 bridgehead atoms. The van der Waals surface area contributed by atoms with E-state index in [1.165, 1.54) is 36.1 Å². The van der Waals surface area contributed by atoms with E-state index in [4.69, 9.17) is 5.73 Å². The minimum Gasteiger partial charge on any atom is -0.380 e. The lowest BCUT2D eigenvalue weighted by atomic mass is 9.90. The van der Waals surface area contributed by atoms with Gasteiger partial charge in [0.05, 0.1) is 0 Å². The topological polar surface area (TPSA) is 38.0 Å². The zero-order valence-corrected chi connectivity index (χ0v) is 10.3. The Morgan fingerprint density at radius 2 is 1.75 bits per heavy atom. The zero-order chi connectivity index (χ0) is 11.5. The Balaban J connectivity index is 2.13. The molecule has 0 saturated heterocycles. The van der Waals surface area contributed by atoms with E-state index in [1.54, 1.807) is 0 Å². The van der Waals surface area contributed by atoms with Crippen LogP contribution in [0.25, 0.3) is 0 Å². The van der Waals surface area contributed by atoms with E-state index in [1.807, 2.05) is 0 Å². The van der Waals surface area contributed by atoms with Crippen molar-refractivity contribution in [3.8, 4) is 0 Å². The summed E-state index contributed by atoms with van der Waals surface area (Å²) in [6, 6.07) is 7.19. The first-order valence-corrected chi connectivity index (χ1v) is 6.27. The molecule has 0 aliphatic heterocycles. The predicted octanol–water partition coefficient (Wildman–Crippen LogP) is 2.99. The van der Waals surface area contributed by atoms with Crippen molar-refractivity contribution < 1.29 is 0 Å². The molecule has 16 heavy (non-hydrogen) atoms. The Morgan fingerprint density at radius 1 is 1.12 bits per heavy atom. The number of nitrogens with one attached hydrogen (secondary N) is 1. The Bertz CT molecular complexity index is 340. The van der Waals surface area contributed by atoms with Crippen molar-refractivity contribution in [1.82, 2.24) is 0 Å². The average Bonchev–Trinajstić information content (AvgIpc) is 2.26. The van der Waals surface area contributed by atoms with Crippen molar-refractivity contribution in [3.63, 3.8) is 0 Å². The number of hydrogen-bond donors (Lipinski definition) is 2. The lowest BCUT2D eigenvalue weighted by molar-refractivity contribution is 0.404. The summed E-state index contributed by atoms with van der Waals surface area (Å²) in [5.74, 6) is 0. The summed E-state index contributed by atoms with van der Waals surface area (Å²) in [5, 5.41) is 3.64. The van der Waals surface area contributed by atoms with Gasteiger partial charge in [0.2, 0.25) is 0 Å². The number of rotatable bonds is 2. The summed E-state index contributed by atoms with van der Waals surface area (Å²) < 4.78 is 0. The van der Waals surface area contributed by atoms with Gasteiger partial charge in [0, 0.05) is 17.8 Å². The average molecular weight is 218 g/mol. The van der Waals surface area contributed by atoms with Gasteiger partial charge in [0.15, 0.2) is 0 Å². The van der Waals surface area contributed by atoms with Gasteiger partial charge in [-0.25, -0.2) is 0 Å². The highest BCUT2D eigenvalue weighted by Crippen LogP contribution is 2.25. The molecule has 0 radical (unpaired) electrons. The Labute approximate surface area is 98.2 Å². The van der Waals surface area contributed by atoms with Crippen molar-refractivity contribution in [2.75, 3.05) is 5.32 Å². The minimum absolute atomic E-state index is 0.313. The lowest BCUT2D eigenvalue weighted by Gasteiger charge is -2.31. The normalized spacial score (nSPS) is 25.4. The molecular weight excluding hydrogens is 196 g/mol. The molecule has 1 aliphatic rings. The Morgan fingerprint density at radius 3 is 2.38 bits per heavy atom. The molecule has 0 amide bonds. The second-order valence-corrected chi connectivity index (χ2v) is 4.97. The highest BCUT2D eigenvalue weighted by Gasteiger charge is 2.22. The molecular formula is C14H22N2. The molecule has 1 saturated carbocycles. The van der Waals surface area contributed by atoms with Gasteiger partial charge >= 0.3 is 0 Å². The van der Waals surface area contributed by atoms with E-state index in [9.17, 15) is 0 Å². The fourth-order valence-electron chi connectivity index (χ4n) is 2.57. The van der Waals surface area contributed by atoms with Crippen LogP contribution in [0.3, 0.4) is 0 Å². The van der Waals surface area contributed by atoms with E-state index in [-0.39, 0.29) is 0 Å². The summed E-state index contributed by atoms with van der Waals surface area (Å²) in [4.78, 5) is 0. The van der Waals surface area contributed by atoms with Crippen LogP contribution in [0.4, 0.5) is 5.69 Å². The van der Waals surface area contributed by atoms with Gasteiger partial charge in [0.25, 0.3) is 0 Å². The fourth-order valence-corrected chi connectivity index (χ4v) is 2.57. The Kier molecular flexibility index (Phi) is 3.49. The third-order valence-electron chi connectivity index (χ3n) is 3.63. The highest BCUT2D eigenvalue weighted by atomic mass is 15.0. The molecule has 2 rings (SSSR count). The van der Waals surface area contributed by atoms with E-state index in [0.29, 0.717) is 12.1 Å². The van der Waals surface area contributed by atoms with Crippen molar-refractivity contribution in [3.05, 3.63) is 29.3 Å². The first-order valence-electron chi connectivity index (χ1n) is 6.27. The number of para-hydroxylation sites is 1. The van der Waals surface area contributed by atoms with Gasteiger partial charge in [-0.2, -0.15) is 0 Å². The molecule has 0 heterocycles. The molecule has 0 spiro atoms. The summed E-state index contributed by atoms with van der Waals surface area (Å²) in [6.07, 6.45) is 4.94. The number of nitrogens with two attached hydrogens (primary N) is 1. The summed E-state index contributed by atoms with van der Waals surface area (Å²) in [7, 11) is 0. The van der Waals surface area contributed by atoms with Crippen molar-refractivity contribution in [2.45, 2.75) is 51.6 Å². The monoisotopic (exact) mass is 218 g/mol. The number of anilines is 1. The van der Waals surface area contributed by atoms with Crippen molar-refractivity contribution in [2.24, 2.45) is 5.73 Å². The van der Waals surface area contributed by atoms with E-state index in [0.717, 1.165) is 6.42 Å². The van der Waals surface area contributed by atoms with Crippen LogP contribution in [-0.4, -0.2) is 12.1 Å². The maximum Gasteiger partial charge on any atom is 0.0412 e. The number of benzene rings is 1. The van der Waals surface area contributed by atoms with Crippen LogP contribution in [0, 0.1) is 13.8 Å². The third kappa shape index (κ3) is 2.38. The van der Waals surface area contributed by atoms with Gasteiger partial charge in [-0.05, 0) is 37.8 Å². The summed E-state index contributed by atoms with van der Waals surface area (Å²) >= 11 is 0. The van der Waals surface area contributed by atoms with Gasteiger partial charge in [-0.3, -0.25) is 0 Å². The van der Waals surface area contributed by atoms with E-state index < -0.39 is 0 Å². The van der Waals surface area contributed by atoms with E-state index in [2.05, 4.69) is 37.4 Å². The van der Waals surface area contributed by atoms with E-state index >= 15 is 0 Å². The molecule has 1 aromatic carbocycles. The van der Waals surface area contributed by atoms with Crippen LogP contribution in [0.5, 0.6) is 0 Å². The van der Waals surface area contributed by atoms with Crippen LogP contribution < -0.4 is 11.1 Å². The first kappa shape index (κ1) is 11.5. The quantitative estimate of drug-likeness (QED) is 0.801. The molecule has 2 heteroatoms. The maximum absolute atomic E-state index is 6.16. The number of aryl methyl sites for hydroxylation is 2. The van der Waals surface area contributed by atoms with Crippen molar-refractivity contribution >= 4 is 5.69 Å². The minimum atomic E-state index is 0.313. The molecule has 2 nitrogen and oxygen atoms in total. The smallest absolute Gasteiger partial charge is 0.0412 e.